The molecular formula is C29H32Cl3N3O6S. The molecule has 1 N–H and O–H groups in total. The van der Waals surface area contributed by atoms with Gasteiger partial charge in [-0.2, -0.15) is 0 Å². The predicted octanol–water partition coefficient (Wildman–Crippen LogP) is 5.80. The van der Waals surface area contributed by atoms with Crippen LogP contribution in [-0.2, 0) is 26.2 Å². The highest BCUT2D eigenvalue weighted by molar-refractivity contribution is 7.92. The van der Waals surface area contributed by atoms with Crippen LogP contribution in [0, 0.1) is 0 Å². The standard InChI is InChI=1S/C29H32Cl3N3O6S/c1-18(2)33-29(37)19(3)34(16-23-24(31)7-6-8-25(23)32)28(36)17-35(21-11-9-20(30)10-12-21)42(38,39)22-13-14-26(40-4)27(15-22)41-5/h6-15,18-19H,16-17H2,1-5H3,(H,33,37)/t19-/m0/s1. The first-order valence-electron chi connectivity index (χ1n) is 12.8. The van der Waals surface area contributed by atoms with Gasteiger partial charge in [0.15, 0.2) is 11.5 Å². The van der Waals surface area contributed by atoms with Crippen molar-refractivity contribution in [3.05, 3.63) is 81.3 Å². The van der Waals surface area contributed by atoms with E-state index in [1.807, 2.05) is 0 Å². The first kappa shape index (κ1) is 33.3. The van der Waals surface area contributed by atoms with Gasteiger partial charge in [0.1, 0.15) is 12.6 Å². The summed E-state index contributed by atoms with van der Waals surface area (Å²) in [6.45, 7) is 4.34. The summed E-state index contributed by atoms with van der Waals surface area (Å²) in [6, 6.07) is 13.8. The smallest absolute Gasteiger partial charge is 0.264 e. The molecule has 3 rings (SSSR count). The minimum Gasteiger partial charge on any atom is -0.493 e. The van der Waals surface area contributed by atoms with Gasteiger partial charge in [-0.15, -0.1) is 0 Å². The molecule has 3 aromatic rings. The third-order valence-electron chi connectivity index (χ3n) is 6.32. The molecule has 0 unspecified atom stereocenters. The lowest BCUT2D eigenvalue weighted by molar-refractivity contribution is -0.139. The summed E-state index contributed by atoms with van der Waals surface area (Å²) in [6.07, 6.45) is 0. The summed E-state index contributed by atoms with van der Waals surface area (Å²) in [5, 5.41) is 3.76. The van der Waals surface area contributed by atoms with Crippen molar-refractivity contribution in [2.75, 3.05) is 25.1 Å². The molecule has 0 aliphatic rings. The number of hydrogen-bond acceptors (Lipinski definition) is 6. The van der Waals surface area contributed by atoms with Crippen LogP contribution < -0.4 is 19.1 Å². The SMILES string of the molecule is COc1ccc(S(=O)(=O)N(CC(=O)N(Cc2c(Cl)cccc2Cl)[C@@H](C)C(=O)NC(C)C)c2ccc(Cl)cc2)cc1OC. The number of benzene rings is 3. The fraction of sp³-hybridized carbons (Fsp3) is 0.310. The van der Waals surface area contributed by atoms with E-state index in [1.54, 1.807) is 39.0 Å². The lowest BCUT2D eigenvalue weighted by atomic mass is 10.1. The third-order valence-corrected chi connectivity index (χ3v) is 9.05. The van der Waals surface area contributed by atoms with E-state index in [1.165, 1.54) is 61.6 Å². The van der Waals surface area contributed by atoms with Crippen LogP contribution in [-0.4, -0.2) is 58.0 Å². The molecule has 42 heavy (non-hydrogen) atoms. The number of carbonyl (C=O) groups is 2. The molecule has 0 fully saturated rings. The quantitative estimate of drug-likeness (QED) is 0.264. The molecule has 0 aromatic heterocycles. The minimum atomic E-state index is -4.35. The fourth-order valence-electron chi connectivity index (χ4n) is 4.08. The first-order valence-corrected chi connectivity index (χ1v) is 15.4. The van der Waals surface area contributed by atoms with Crippen LogP contribution in [0.2, 0.25) is 15.1 Å². The molecule has 0 bridgehead atoms. The van der Waals surface area contributed by atoms with Crippen molar-refractivity contribution in [1.29, 1.82) is 0 Å². The lowest BCUT2D eigenvalue weighted by Crippen LogP contribution is -2.52. The van der Waals surface area contributed by atoms with Crippen molar-refractivity contribution in [2.24, 2.45) is 0 Å². The Morgan fingerprint density at radius 3 is 2.02 bits per heavy atom. The average molecular weight is 657 g/mol. The molecule has 0 aliphatic heterocycles. The summed E-state index contributed by atoms with van der Waals surface area (Å²) >= 11 is 18.9. The van der Waals surface area contributed by atoms with E-state index in [-0.39, 0.29) is 28.9 Å². The second-order valence-corrected chi connectivity index (χ2v) is 12.7. The lowest BCUT2D eigenvalue weighted by Gasteiger charge is -2.32. The number of carbonyl (C=O) groups excluding carboxylic acids is 2. The number of ether oxygens (including phenoxy) is 2. The molecule has 13 heteroatoms. The number of hydrogen-bond donors (Lipinski definition) is 1. The molecule has 3 aromatic carbocycles. The molecule has 0 aliphatic carbocycles. The van der Waals surface area contributed by atoms with Gasteiger partial charge in [-0.3, -0.25) is 13.9 Å². The van der Waals surface area contributed by atoms with Gasteiger partial charge in [0.2, 0.25) is 11.8 Å². The second-order valence-electron chi connectivity index (χ2n) is 9.57. The summed E-state index contributed by atoms with van der Waals surface area (Å²) in [4.78, 5) is 28.2. The summed E-state index contributed by atoms with van der Waals surface area (Å²) in [5.74, 6) is -0.577. The van der Waals surface area contributed by atoms with Gasteiger partial charge < -0.3 is 19.7 Å². The average Bonchev–Trinajstić information content (AvgIpc) is 2.95. The number of halogens is 3. The Kier molecular flexibility index (Phi) is 11.4. The molecule has 9 nitrogen and oxygen atoms in total. The molecule has 0 saturated heterocycles. The van der Waals surface area contributed by atoms with Crippen molar-refractivity contribution >= 4 is 62.3 Å². The van der Waals surface area contributed by atoms with Crippen LogP contribution in [0.1, 0.15) is 26.3 Å². The highest BCUT2D eigenvalue weighted by atomic mass is 35.5. The van der Waals surface area contributed by atoms with Gasteiger partial charge in [-0.25, -0.2) is 8.42 Å². The highest BCUT2D eigenvalue weighted by Crippen LogP contribution is 2.33. The third kappa shape index (κ3) is 7.80. The van der Waals surface area contributed by atoms with Crippen LogP contribution in [0.5, 0.6) is 11.5 Å². The Morgan fingerprint density at radius 1 is 0.881 bits per heavy atom. The zero-order valence-corrected chi connectivity index (χ0v) is 26.8. The van der Waals surface area contributed by atoms with Gasteiger partial charge >= 0.3 is 0 Å². The van der Waals surface area contributed by atoms with Gasteiger partial charge in [-0.1, -0.05) is 40.9 Å². The number of anilines is 1. The number of nitrogens with one attached hydrogen (secondary N) is 1. The van der Waals surface area contributed by atoms with E-state index >= 15 is 0 Å². The number of amides is 2. The zero-order chi connectivity index (χ0) is 31.2. The number of rotatable bonds is 12. The van der Waals surface area contributed by atoms with E-state index < -0.39 is 34.4 Å². The Hall–Kier alpha value is -3.18. The normalized spacial score (nSPS) is 12.0. The van der Waals surface area contributed by atoms with Gasteiger partial charge in [0, 0.05) is 39.3 Å². The van der Waals surface area contributed by atoms with Gasteiger partial charge in [-0.05, 0) is 69.3 Å². The molecule has 0 radical (unpaired) electrons. The van der Waals surface area contributed by atoms with Crippen molar-refractivity contribution in [1.82, 2.24) is 10.2 Å². The van der Waals surface area contributed by atoms with Gasteiger partial charge in [0.05, 0.1) is 24.8 Å². The Morgan fingerprint density at radius 2 is 1.48 bits per heavy atom. The predicted molar refractivity (Wildman–Crippen MR) is 165 cm³/mol. The number of sulfonamides is 1. The molecule has 0 saturated carbocycles. The van der Waals surface area contributed by atoms with E-state index in [4.69, 9.17) is 44.3 Å². The summed E-state index contributed by atoms with van der Waals surface area (Å²) in [7, 11) is -1.54. The van der Waals surface area contributed by atoms with Crippen molar-refractivity contribution < 1.29 is 27.5 Å². The maximum atomic E-state index is 14.1. The zero-order valence-electron chi connectivity index (χ0n) is 23.7. The van der Waals surface area contributed by atoms with Crippen LogP contribution in [0.25, 0.3) is 0 Å². The molecule has 1 atom stereocenters. The maximum absolute atomic E-state index is 14.1. The maximum Gasteiger partial charge on any atom is 0.264 e. The van der Waals surface area contributed by atoms with E-state index in [9.17, 15) is 18.0 Å². The molecule has 2 amide bonds. The Bertz CT molecular complexity index is 1510. The molecule has 0 heterocycles. The second kappa shape index (κ2) is 14.3. The first-order chi connectivity index (χ1) is 19.8. The van der Waals surface area contributed by atoms with Crippen molar-refractivity contribution in [3.63, 3.8) is 0 Å². The molecule has 226 valence electrons. The summed E-state index contributed by atoms with van der Waals surface area (Å²) in [5.41, 5.74) is 0.594. The van der Waals surface area contributed by atoms with Crippen LogP contribution in [0.15, 0.2) is 65.6 Å². The van der Waals surface area contributed by atoms with Crippen LogP contribution >= 0.6 is 34.8 Å². The van der Waals surface area contributed by atoms with Crippen molar-refractivity contribution in [3.8, 4) is 11.5 Å². The highest BCUT2D eigenvalue weighted by Gasteiger charge is 2.33. The number of methoxy groups -OCH3 is 2. The topological polar surface area (TPSA) is 105 Å². The van der Waals surface area contributed by atoms with Gasteiger partial charge in [0.25, 0.3) is 10.0 Å². The van der Waals surface area contributed by atoms with Crippen molar-refractivity contribution in [2.45, 2.75) is 44.3 Å². The van der Waals surface area contributed by atoms with E-state index in [0.717, 1.165) is 4.31 Å². The van der Waals surface area contributed by atoms with E-state index in [2.05, 4.69) is 5.32 Å². The largest absolute Gasteiger partial charge is 0.493 e. The van der Waals surface area contributed by atoms with E-state index in [0.29, 0.717) is 26.4 Å². The monoisotopic (exact) mass is 655 g/mol. The number of nitrogens with zero attached hydrogens (tertiary/aromatic N) is 2. The minimum absolute atomic E-state index is 0.144. The molecule has 0 spiro atoms. The summed E-state index contributed by atoms with van der Waals surface area (Å²) < 4.78 is 39.6. The van der Waals surface area contributed by atoms with Crippen LogP contribution in [0.4, 0.5) is 5.69 Å². The van der Waals surface area contributed by atoms with Crippen LogP contribution in [0.3, 0.4) is 0 Å². The Balaban J connectivity index is 2.10. The fourth-order valence-corrected chi connectivity index (χ4v) is 6.15. The molecular weight excluding hydrogens is 625 g/mol. The Labute approximate surface area is 261 Å².